The van der Waals surface area contributed by atoms with Crippen LogP contribution in [0.1, 0.15) is 31.7 Å². The zero-order chi connectivity index (χ0) is 16.4. The number of aromatic nitrogens is 1. The van der Waals surface area contributed by atoms with E-state index in [0.29, 0.717) is 18.5 Å². The zero-order valence-corrected chi connectivity index (χ0v) is 15.0. The molecule has 4 nitrogen and oxygen atoms in total. The smallest absolute Gasteiger partial charge is 0.237 e. The van der Waals surface area contributed by atoms with Crippen LogP contribution in [0.3, 0.4) is 0 Å². The van der Waals surface area contributed by atoms with Gasteiger partial charge in [-0.1, -0.05) is 26.0 Å². The molecule has 0 bridgehead atoms. The molecule has 1 aromatic heterocycles. The van der Waals surface area contributed by atoms with Crippen molar-refractivity contribution in [2.45, 2.75) is 39.3 Å². The predicted octanol–water partition coefficient (Wildman–Crippen LogP) is 3.38. The van der Waals surface area contributed by atoms with E-state index in [1.807, 2.05) is 25.2 Å². The molecule has 1 aromatic carbocycles. The molecule has 0 spiro atoms. The average molecular weight is 331 g/mol. The van der Waals surface area contributed by atoms with Crippen LogP contribution >= 0.6 is 11.3 Å². The van der Waals surface area contributed by atoms with E-state index < -0.39 is 0 Å². The first-order chi connectivity index (χ1) is 11.0. The Morgan fingerprint density at radius 1 is 1.35 bits per heavy atom. The summed E-state index contributed by atoms with van der Waals surface area (Å²) in [6.07, 6.45) is 2.33. The van der Waals surface area contributed by atoms with Gasteiger partial charge in [0.25, 0.3) is 0 Å². The van der Waals surface area contributed by atoms with Crippen LogP contribution < -0.4 is 0 Å². The Balaban J connectivity index is 1.59. The number of benzene rings is 1. The molecule has 1 fully saturated rings. The van der Waals surface area contributed by atoms with E-state index in [9.17, 15) is 4.79 Å². The molecule has 1 amide bonds. The summed E-state index contributed by atoms with van der Waals surface area (Å²) < 4.78 is 1.21. The van der Waals surface area contributed by atoms with Crippen LogP contribution in [0.15, 0.2) is 24.3 Å². The van der Waals surface area contributed by atoms with Crippen molar-refractivity contribution in [2.75, 3.05) is 20.1 Å². The van der Waals surface area contributed by atoms with Crippen molar-refractivity contribution in [3.63, 3.8) is 0 Å². The van der Waals surface area contributed by atoms with Crippen LogP contribution in [0, 0.1) is 5.92 Å². The monoisotopic (exact) mass is 331 g/mol. The van der Waals surface area contributed by atoms with Crippen LogP contribution in [-0.4, -0.2) is 46.9 Å². The number of hydrogen-bond donors (Lipinski definition) is 0. The first-order valence-electron chi connectivity index (χ1n) is 8.35. The van der Waals surface area contributed by atoms with Crippen LogP contribution in [0.25, 0.3) is 10.2 Å². The van der Waals surface area contributed by atoms with Crippen molar-refractivity contribution in [3.05, 3.63) is 29.3 Å². The van der Waals surface area contributed by atoms with Gasteiger partial charge in [-0.25, -0.2) is 4.98 Å². The Bertz CT molecular complexity index is 645. The summed E-state index contributed by atoms with van der Waals surface area (Å²) in [7, 11) is 2.00. The molecular weight excluding hydrogens is 306 g/mol. The zero-order valence-electron chi connectivity index (χ0n) is 14.2. The fraction of sp³-hybridized carbons (Fsp3) is 0.556. The largest absolute Gasteiger partial charge is 0.338 e. The Kier molecular flexibility index (Phi) is 4.97. The number of hydrogen-bond acceptors (Lipinski definition) is 4. The molecule has 1 saturated carbocycles. The van der Waals surface area contributed by atoms with Gasteiger partial charge < -0.3 is 4.90 Å². The predicted molar refractivity (Wildman–Crippen MR) is 95.5 cm³/mol. The van der Waals surface area contributed by atoms with E-state index in [4.69, 9.17) is 0 Å². The van der Waals surface area contributed by atoms with Gasteiger partial charge in [0.1, 0.15) is 5.01 Å². The minimum Gasteiger partial charge on any atom is -0.338 e. The molecule has 2 aromatic rings. The van der Waals surface area contributed by atoms with Crippen LogP contribution in [0.2, 0.25) is 0 Å². The molecule has 1 heterocycles. The SMILES string of the molecule is CC(C)CN(C(=O)CN(C)Cc1nc2ccccc2s1)C1CC1. The van der Waals surface area contributed by atoms with Gasteiger partial charge in [-0.2, -0.15) is 0 Å². The highest BCUT2D eigenvalue weighted by Crippen LogP contribution is 2.28. The summed E-state index contributed by atoms with van der Waals surface area (Å²) in [4.78, 5) is 21.4. The van der Waals surface area contributed by atoms with Crippen LogP contribution in [0.5, 0.6) is 0 Å². The second kappa shape index (κ2) is 6.97. The lowest BCUT2D eigenvalue weighted by molar-refractivity contribution is -0.133. The highest BCUT2D eigenvalue weighted by Gasteiger charge is 2.32. The third-order valence-electron chi connectivity index (χ3n) is 4.02. The molecule has 0 aliphatic heterocycles. The molecule has 124 valence electrons. The fourth-order valence-electron chi connectivity index (χ4n) is 2.83. The maximum absolute atomic E-state index is 12.6. The number of fused-ring (bicyclic) bond motifs is 1. The molecule has 0 saturated heterocycles. The number of likely N-dealkylation sites (N-methyl/N-ethyl adjacent to an activating group) is 1. The van der Waals surface area contributed by atoms with Crippen LogP contribution in [-0.2, 0) is 11.3 Å². The van der Waals surface area contributed by atoms with Crippen molar-refractivity contribution < 1.29 is 4.79 Å². The number of para-hydroxylation sites is 1. The summed E-state index contributed by atoms with van der Waals surface area (Å²) in [5, 5.41) is 1.07. The second-order valence-electron chi connectivity index (χ2n) is 6.92. The molecule has 1 aliphatic rings. The molecule has 5 heteroatoms. The van der Waals surface area contributed by atoms with Crippen molar-refractivity contribution in [1.82, 2.24) is 14.8 Å². The minimum atomic E-state index is 0.254. The highest BCUT2D eigenvalue weighted by molar-refractivity contribution is 7.18. The maximum Gasteiger partial charge on any atom is 0.237 e. The minimum absolute atomic E-state index is 0.254. The standard InChI is InChI=1S/C18H25N3OS/c1-13(2)10-21(14-8-9-14)18(22)12-20(3)11-17-19-15-6-4-5-7-16(15)23-17/h4-7,13-14H,8-12H2,1-3H3. The molecule has 0 atom stereocenters. The number of rotatable bonds is 7. The molecule has 3 rings (SSSR count). The van der Waals surface area contributed by atoms with E-state index in [2.05, 4.69) is 34.7 Å². The van der Waals surface area contributed by atoms with Gasteiger partial charge in [0.2, 0.25) is 5.91 Å². The van der Waals surface area contributed by atoms with Crippen molar-refractivity contribution >= 4 is 27.5 Å². The van der Waals surface area contributed by atoms with E-state index in [-0.39, 0.29) is 5.91 Å². The average Bonchev–Trinajstić information content (AvgIpc) is 3.24. The van der Waals surface area contributed by atoms with Crippen molar-refractivity contribution in [2.24, 2.45) is 5.92 Å². The van der Waals surface area contributed by atoms with E-state index >= 15 is 0 Å². The molecule has 0 N–H and O–H groups in total. The van der Waals surface area contributed by atoms with Gasteiger partial charge in [-0.3, -0.25) is 9.69 Å². The third-order valence-corrected chi connectivity index (χ3v) is 5.04. The van der Waals surface area contributed by atoms with Gasteiger partial charge in [0.05, 0.1) is 23.3 Å². The summed E-state index contributed by atoms with van der Waals surface area (Å²) in [5.41, 5.74) is 1.05. The number of amides is 1. The van der Waals surface area contributed by atoms with Gasteiger partial charge >= 0.3 is 0 Å². The fourth-order valence-corrected chi connectivity index (χ4v) is 3.88. The Labute approximate surface area is 142 Å². The van der Waals surface area contributed by atoms with Gasteiger partial charge in [0, 0.05) is 12.6 Å². The maximum atomic E-state index is 12.6. The highest BCUT2D eigenvalue weighted by atomic mass is 32.1. The summed E-state index contributed by atoms with van der Waals surface area (Å²) in [6.45, 7) is 6.42. The Morgan fingerprint density at radius 3 is 2.74 bits per heavy atom. The first-order valence-corrected chi connectivity index (χ1v) is 9.17. The molecule has 23 heavy (non-hydrogen) atoms. The Hall–Kier alpha value is -1.46. The molecule has 0 unspecified atom stereocenters. The summed E-state index contributed by atoms with van der Waals surface area (Å²) >= 11 is 1.71. The van der Waals surface area contributed by atoms with Gasteiger partial charge in [-0.05, 0) is 37.9 Å². The number of carbonyl (C=O) groups is 1. The lowest BCUT2D eigenvalue weighted by atomic mass is 10.2. The lowest BCUT2D eigenvalue weighted by Gasteiger charge is -2.26. The Morgan fingerprint density at radius 2 is 2.09 bits per heavy atom. The second-order valence-corrected chi connectivity index (χ2v) is 8.03. The van der Waals surface area contributed by atoms with Crippen LogP contribution in [0.4, 0.5) is 0 Å². The summed E-state index contributed by atoms with van der Waals surface area (Å²) in [5.74, 6) is 0.777. The first kappa shape index (κ1) is 16.4. The topological polar surface area (TPSA) is 36.4 Å². The van der Waals surface area contributed by atoms with E-state index in [0.717, 1.165) is 23.6 Å². The van der Waals surface area contributed by atoms with E-state index in [1.54, 1.807) is 11.3 Å². The van der Waals surface area contributed by atoms with Gasteiger partial charge in [-0.15, -0.1) is 11.3 Å². The summed E-state index contributed by atoms with van der Waals surface area (Å²) in [6, 6.07) is 8.67. The van der Waals surface area contributed by atoms with Crippen molar-refractivity contribution in [1.29, 1.82) is 0 Å². The molecule has 0 radical (unpaired) electrons. The molecular formula is C18H25N3OS. The third kappa shape index (κ3) is 4.30. The van der Waals surface area contributed by atoms with E-state index in [1.165, 1.54) is 17.5 Å². The lowest BCUT2D eigenvalue weighted by Crippen LogP contribution is -2.42. The van der Waals surface area contributed by atoms with Crippen molar-refractivity contribution in [3.8, 4) is 0 Å². The quantitative estimate of drug-likeness (QED) is 0.780. The number of nitrogens with zero attached hydrogens (tertiary/aromatic N) is 3. The number of thiazole rings is 1. The molecule has 1 aliphatic carbocycles. The van der Waals surface area contributed by atoms with Gasteiger partial charge in [0.15, 0.2) is 0 Å². The number of carbonyl (C=O) groups excluding carboxylic acids is 1. The normalized spacial score (nSPS) is 14.8.